The van der Waals surface area contributed by atoms with Gasteiger partial charge in [0.25, 0.3) is 0 Å². The van der Waals surface area contributed by atoms with Gasteiger partial charge in [0.15, 0.2) is 0 Å². The Kier molecular flexibility index (Phi) is 4.15. The molecule has 19 heavy (non-hydrogen) atoms. The van der Waals surface area contributed by atoms with Gasteiger partial charge in [-0.05, 0) is 42.7 Å². The molecule has 0 fully saturated rings. The summed E-state index contributed by atoms with van der Waals surface area (Å²) < 4.78 is 13.0. The molecule has 0 unspecified atom stereocenters. The highest BCUT2D eigenvalue weighted by Gasteiger charge is 2.04. The van der Waals surface area contributed by atoms with Crippen LogP contribution in [-0.4, -0.2) is 6.54 Å². The Balaban J connectivity index is 2.02. The third-order valence-electron chi connectivity index (χ3n) is 3.00. The first-order valence-electron chi connectivity index (χ1n) is 6.19. The minimum atomic E-state index is -0.217. The highest BCUT2D eigenvalue weighted by molar-refractivity contribution is 5.62. The number of aryl methyl sites for hydroxylation is 1. The van der Waals surface area contributed by atoms with Crippen molar-refractivity contribution < 1.29 is 4.39 Å². The molecule has 0 bridgehead atoms. The van der Waals surface area contributed by atoms with Crippen LogP contribution in [0, 0.1) is 24.1 Å². The number of halogens is 1. The van der Waals surface area contributed by atoms with Gasteiger partial charge >= 0.3 is 0 Å². The summed E-state index contributed by atoms with van der Waals surface area (Å²) in [7, 11) is 0. The molecule has 0 spiro atoms. The lowest BCUT2D eigenvalue weighted by molar-refractivity contribution is 0.625. The number of nitrogens with one attached hydrogen (secondary N) is 1. The fourth-order valence-electron chi connectivity index (χ4n) is 2.02. The van der Waals surface area contributed by atoms with Crippen molar-refractivity contribution in [1.29, 1.82) is 5.26 Å². The van der Waals surface area contributed by atoms with E-state index in [2.05, 4.69) is 11.4 Å². The summed E-state index contributed by atoms with van der Waals surface area (Å²) in [5, 5.41) is 12.3. The largest absolute Gasteiger partial charge is 0.383 e. The molecular formula is C16H15FN2. The van der Waals surface area contributed by atoms with Crippen LogP contribution in [0.25, 0.3) is 0 Å². The second kappa shape index (κ2) is 6.01. The summed E-state index contributed by atoms with van der Waals surface area (Å²) in [6.07, 6.45) is 0.719. The Morgan fingerprint density at radius 3 is 2.74 bits per heavy atom. The molecule has 0 saturated carbocycles. The van der Waals surface area contributed by atoms with Gasteiger partial charge in [0.2, 0.25) is 0 Å². The molecule has 3 heteroatoms. The number of hydrogen-bond acceptors (Lipinski definition) is 2. The van der Waals surface area contributed by atoms with Crippen molar-refractivity contribution in [2.24, 2.45) is 0 Å². The van der Waals surface area contributed by atoms with E-state index < -0.39 is 0 Å². The molecule has 0 heterocycles. The van der Waals surface area contributed by atoms with E-state index in [0.29, 0.717) is 12.1 Å². The van der Waals surface area contributed by atoms with Gasteiger partial charge in [0, 0.05) is 6.54 Å². The lowest BCUT2D eigenvalue weighted by Gasteiger charge is -2.11. The van der Waals surface area contributed by atoms with Gasteiger partial charge in [0.1, 0.15) is 11.9 Å². The molecule has 2 aromatic carbocycles. The van der Waals surface area contributed by atoms with Gasteiger partial charge in [0.05, 0.1) is 11.3 Å². The standard InChI is InChI=1S/C16H15FN2/c1-12-4-2-6-14(11-18)16(12)19-9-8-13-5-3-7-15(17)10-13/h2-7,10,19H,8-9H2,1H3. The fraction of sp³-hybridized carbons (Fsp3) is 0.188. The second-order valence-electron chi connectivity index (χ2n) is 4.42. The van der Waals surface area contributed by atoms with Crippen LogP contribution in [-0.2, 0) is 6.42 Å². The molecule has 0 aromatic heterocycles. The molecule has 2 rings (SSSR count). The monoisotopic (exact) mass is 254 g/mol. The Morgan fingerprint density at radius 2 is 2.00 bits per heavy atom. The minimum absolute atomic E-state index is 0.217. The van der Waals surface area contributed by atoms with Crippen LogP contribution in [0.1, 0.15) is 16.7 Å². The van der Waals surface area contributed by atoms with Crippen molar-refractivity contribution in [2.75, 3.05) is 11.9 Å². The predicted molar refractivity (Wildman–Crippen MR) is 74.5 cm³/mol. The molecule has 0 atom stereocenters. The van der Waals surface area contributed by atoms with Crippen molar-refractivity contribution >= 4 is 5.69 Å². The zero-order valence-electron chi connectivity index (χ0n) is 10.8. The topological polar surface area (TPSA) is 35.8 Å². The molecule has 0 aliphatic carbocycles. The van der Waals surface area contributed by atoms with E-state index in [9.17, 15) is 4.39 Å². The second-order valence-corrected chi connectivity index (χ2v) is 4.42. The molecule has 2 nitrogen and oxygen atoms in total. The van der Waals surface area contributed by atoms with Crippen molar-refractivity contribution in [3.05, 3.63) is 65.0 Å². The predicted octanol–water partition coefficient (Wildman–Crippen LogP) is 3.66. The van der Waals surface area contributed by atoms with E-state index >= 15 is 0 Å². The maximum atomic E-state index is 13.0. The molecule has 0 amide bonds. The lowest BCUT2D eigenvalue weighted by Crippen LogP contribution is -2.07. The minimum Gasteiger partial charge on any atom is -0.383 e. The quantitative estimate of drug-likeness (QED) is 0.903. The first-order valence-corrected chi connectivity index (χ1v) is 6.19. The third kappa shape index (κ3) is 3.32. The zero-order chi connectivity index (χ0) is 13.7. The molecule has 2 aromatic rings. The Labute approximate surface area is 112 Å². The smallest absolute Gasteiger partial charge is 0.123 e. The summed E-state index contributed by atoms with van der Waals surface area (Å²) in [6, 6.07) is 14.4. The summed E-state index contributed by atoms with van der Waals surface area (Å²) in [6.45, 7) is 2.63. The van der Waals surface area contributed by atoms with Crippen molar-refractivity contribution in [2.45, 2.75) is 13.3 Å². The average Bonchev–Trinajstić information content (AvgIpc) is 2.40. The van der Waals surface area contributed by atoms with Crippen LogP contribution in [0.3, 0.4) is 0 Å². The number of nitriles is 1. The first kappa shape index (κ1) is 13.1. The molecular weight excluding hydrogens is 239 g/mol. The Bertz CT molecular complexity index is 614. The van der Waals surface area contributed by atoms with Gasteiger partial charge < -0.3 is 5.32 Å². The highest BCUT2D eigenvalue weighted by Crippen LogP contribution is 2.19. The number of benzene rings is 2. The maximum Gasteiger partial charge on any atom is 0.123 e. The van der Waals surface area contributed by atoms with Crippen LogP contribution in [0.5, 0.6) is 0 Å². The third-order valence-corrected chi connectivity index (χ3v) is 3.00. The van der Waals surface area contributed by atoms with Crippen molar-refractivity contribution in [3.8, 4) is 6.07 Å². The number of anilines is 1. The molecule has 0 aliphatic rings. The maximum absolute atomic E-state index is 13.0. The summed E-state index contributed by atoms with van der Waals surface area (Å²) in [4.78, 5) is 0. The van der Waals surface area contributed by atoms with Crippen LogP contribution >= 0.6 is 0 Å². The molecule has 0 saturated heterocycles. The number of nitrogens with zero attached hydrogens (tertiary/aromatic N) is 1. The Hall–Kier alpha value is -2.34. The van der Waals surface area contributed by atoms with Crippen LogP contribution < -0.4 is 5.32 Å². The van der Waals surface area contributed by atoms with E-state index in [1.165, 1.54) is 12.1 Å². The normalized spacial score (nSPS) is 9.95. The van der Waals surface area contributed by atoms with Gasteiger partial charge in [-0.1, -0.05) is 24.3 Å². The van der Waals surface area contributed by atoms with Gasteiger partial charge in [-0.25, -0.2) is 4.39 Å². The van der Waals surface area contributed by atoms with E-state index in [0.717, 1.165) is 23.2 Å². The number of rotatable bonds is 4. The van der Waals surface area contributed by atoms with Crippen LogP contribution in [0.4, 0.5) is 10.1 Å². The molecule has 0 radical (unpaired) electrons. The lowest BCUT2D eigenvalue weighted by atomic mass is 10.1. The van der Waals surface area contributed by atoms with Crippen LogP contribution in [0.15, 0.2) is 42.5 Å². The SMILES string of the molecule is Cc1cccc(C#N)c1NCCc1cccc(F)c1. The first-order chi connectivity index (χ1) is 9.20. The number of para-hydroxylation sites is 1. The number of hydrogen-bond donors (Lipinski definition) is 1. The zero-order valence-corrected chi connectivity index (χ0v) is 10.8. The van der Waals surface area contributed by atoms with E-state index in [1.807, 2.05) is 25.1 Å². The van der Waals surface area contributed by atoms with E-state index in [4.69, 9.17) is 5.26 Å². The van der Waals surface area contributed by atoms with Crippen LogP contribution in [0.2, 0.25) is 0 Å². The summed E-state index contributed by atoms with van der Waals surface area (Å²) in [5.41, 5.74) is 3.48. The molecule has 96 valence electrons. The van der Waals surface area contributed by atoms with Gasteiger partial charge in [-0.15, -0.1) is 0 Å². The van der Waals surface area contributed by atoms with Gasteiger partial charge in [-0.3, -0.25) is 0 Å². The summed E-state index contributed by atoms with van der Waals surface area (Å²) in [5.74, 6) is -0.217. The van der Waals surface area contributed by atoms with Gasteiger partial charge in [-0.2, -0.15) is 5.26 Å². The highest BCUT2D eigenvalue weighted by atomic mass is 19.1. The molecule has 0 aliphatic heterocycles. The van der Waals surface area contributed by atoms with Crippen molar-refractivity contribution in [3.63, 3.8) is 0 Å². The van der Waals surface area contributed by atoms with E-state index in [-0.39, 0.29) is 5.82 Å². The fourth-order valence-corrected chi connectivity index (χ4v) is 2.02. The van der Waals surface area contributed by atoms with E-state index in [1.54, 1.807) is 12.1 Å². The van der Waals surface area contributed by atoms with Crippen molar-refractivity contribution in [1.82, 2.24) is 0 Å². The Morgan fingerprint density at radius 1 is 1.21 bits per heavy atom. The molecule has 1 N–H and O–H groups in total. The summed E-state index contributed by atoms with van der Waals surface area (Å²) >= 11 is 0. The average molecular weight is 254 g/mol.